The standard InChI is InChI=1S/C10H18BrNO/c1-3-7(2)10(13)12-9-6-4-5-8(9)11/h7-9H,3-6H2,1-2H3,(H,12,13). The van der Waals surface area contributed by atoms with E-state index in [1.807, 2.05) is 13.8 Å². The molecule has 0 aromatic carbocycles. The maximum atomic E-state index is 11.5. The molecule has 3 unspecified atom stereocenters. The number of nitrogens with one attached hydrogen (secondary N) is 1. The van der Waals surface area contributed by atoms with Crippen LogP contribution in [0.5, 0.6) is 0 Å². The van der Waals surface area contributed by atoms with E-state index in [1.165, 1.54) is 12.8 Å². The third kappa shape index (κ3) is 2.97. The molecule has 0 bridgehead atoms. The van der Waals surface area contributed by atoms with E-state index in [2.05, 4.69) is 21.2 Å². The molecule has 0 aliphatic heterocycles. The van der Waals surface area contributed by atoms with Crippen LogP contribution in [0.15, 0.2) is 0 Å². The first-order valence-electron chi connectivity index (χ1n) is 5.09. The molecule has 0 saturated heterocycles. The van der Waals surface area contributed by atoms with Gasteiger partial charge >= 0.3 is 0 Å². The minimum Gasteiger partial charge on any atom is -0.352 e. The molecule has 1 amide bonds. The van der Waals surface area contributed by atoms with Crippen LogP contribution >= 0.6 is 15.9 Å². The van der Waals surface area contributed by atoms with E-state index in [-0.39, 0.29) is 11.8 Å². The van der Waals surface area contributed by atoms with Gasteiger partial charge in [0.05, 0.1) is 0 Å². The lowest BCUT2D eigenvalue weighted by molar-refractivity contribution is -0.125. The van der Waals surface area contributed by atoms with Gasteiger partial charge in [0.15, 0.2) is 0 Å². The lowest BCUT2D eigenvalue weighted by Crippen LogP contribution is -2.40. The highest BCUT2D eigenvalue weighted by atomic mass is 79.9. The van der Waals surface area contributed by atoms with Gasteiger partial charge in [0, 0.05) is 16.8 Å². The third-order valence-corrected chi connectivity index (χ3v) is 3.92. The van der Waals surface area contributed by atoms with Crippen molar-refractivity contribution in [2.75, 3.05) is 0 Å². The highest BCUT2D eigenvalue weighted by Gasteiger charge is 2.27. The Morgan fingerprint density at radius 2 is 2.31 bits per heavy atom. The van der Waals surface area contributed by atoms with Crippen LogP contribution < -0.4 is 5.32 Å². The smallest absolute Gasteiger partial charge is 0.223 e. The van der Waals surface area contributed by atoms with Crippen LogP contribution in [0.1, 0.15) is 39.5 Å². The minimum absolute atomic E-state index is 0.153. The van der Waals surface area contributed by atoms with Crippen molar-refractivity contribution < 1.29 is 4.79 Å². The predicted octanol–water partition coefficient (Wildman–Crippen LogP) is 2.46. The van der Waals surface area contributed by atoms with Crippen molar-refractivity contribution in [2.24, 2.45) is 5.92 Å². The van der Waals surface area contributed by atoms with Crippen molar-refractivity contribution in [2.45, 2.75) is 50.4 Å². The molecule has 1 rings (SSSR count). The molecule has 1 fully saturated rings. The summed E-state index contributed by atoms with van der Waals surface area (Å²) in [5, 5.41) is 3.09. The first kappa shape index (κ1) is 11.0. The molecule has 0 spiro atoms. The zero-order valence-corrected chi connectivity index (χ0v) is 9.93. The summed E-state index contributed by atoms with van der Waals surface area (Å²) in [5.74, 6) is 0.360. The van der Waals surface area contributed by atoms with Gasteiger partial charge in [0.1, 0.15) is 0 Å². The molecule has 2 nitrogen and oxygen atoms in total. The van der Waals surface area contributed by atoms with Gasteiger partial charge in [-0.15, -0.1) is 0 Å². The molecule has 76 valence electrons. The van der Waals surface area contributed by atoms with Gasteiger partial charge in [0.2, 0.25) is 5.91 Å². The quantitative estimate of drug-likeness (QED) is 0.764. The summed E-state index contributed by atoms with van der Waals surface area (Å²) < 4.78 is 0. The summed E-state index contributed by atoms with van der Waals surface area (Å²) >= 11 is 3.59. The number of hydrogen-bond donors (Lipinski definition) is 1. The van der Waals surface area contributed by atoms with Crippen LogP contribution in [0.3, 0.4) is 0 Å². The highest BCUT2D eigenvalue weighted by molar-refractivity contribution is 9.09. The van der Waals surface area contributed by atoms with Gasteiger partial charge in [-0.05, 0) is 19.3 Å². The first-order valence-corrected chi connectivity index (χ1v) is 6.01. The SMILES string of the molecule is CCC(C)C(=O)NC1CCCC1Br. The van der Waals surface area contributed by atoms with Gasteiger partial charge in [-0.1, -0.05) is 36.2 Å². The molecular formula is C10H18BrNO. The summed E-state index contributed by atoms with van der Waals surface area (Å²) in [7, 11) is 0. The Kier molecular flexibility index (Phi) is 4.23. The number of hydrogen-bond acceptors (Lipinski definition) is 1. The monoisotopic (exact) mass is 247 g/mol. The zero-order chi connectivity index (χ0) is 9.84. The molecule has 0 radical (unpaired) electrons. The van der Waals surface area contributed by atoms with E-state index >= 15 is 0 Å². The van der Waals surface area contributed by atoms with E-state index in [0.717, 1.165) is 12.8 Å². The van der Waals surface area contributed by atoms with Crippen LogP contribution in [0.25, 0.3) is 0 Å². The second-order valence-corrected chi connectivity index (χ2v) is 5.05. The number of alkyl halides is 1. The molecule has 1 aliphatic carbocycles. The van der Waals surface area contributed by atoms with E-state index in [4.69, 9.17) is 0 Å². The van der Waals surface area contributed by atoms with E-state index < -0.39 is 0 Å². The number of halogens is 1. The fourth-order valence-electron chi connectivity index (χ4n) is 1.59. The number of rotatable bonds is 3. The second kappa shape index (κ2) is 4.99. The fraction of sp³-hybridized carbons (Fsp3) is 0.900. The average Bonchev–Trinajstić information content (AvgIpc) is 2.50. The topological polar surface area (TPSA) is 29.1 Å². The minimum atomic E-state index is 0.153. The van der Waals surface area contributed by atoms with Gasteiger partial charge in [-0.3, -0.25) is 4.79 Å². The Bertz CT molecular complexity index is 184. The Balaban J connectivity index is 2.35. The molecule has 1 aliphatic rings. The molecule has 1 saturated carbocycles. The molecule has 0 heterocycles. The third-order valence-electron chi connectivity index (χ3n) is 2.82. The van der Waals surface area contributed by atoms with Crippen molar-refractivity contribution in [1.82, 2.24) is 5.32 Å². The zero-order valence-electron chi connectivity index (χ0n) is 8.35. The van der Waals surface area contributed by atoms with Crippen LogP contribution in [0.4, 0.5) is 0 Å². The Hall–Kier alpha value is -0.0500. The highest BCUT2D eigenvalue weighted by Crippen LogP contribution is 2.25. The Labute approximate surface area is 88.6 Å². The largest absolute Gasteiger partial charge is 0.352 e. The van der Waals surface area contributed by atoms with Crippen LogP contribution in [0, 0.1) is 5.92 Å². The Morgan fingerprint density at radius 1 is 1.62 bits per heavy atom. The van der Waals surface area contributed by atoms with Crippen LogP contribution in [-0.4, -0.2) is 16.8 Å². The molecule has 0 aromatic rings. The van der Waals surface area contributed by atoms with Crippen molar-refractivity contribution in [3.63, 3.8) is 0 Å². The molecule has 1 N–H and O–H groups in total. The summed E-state index contributed by atoms with van der Waals surface area (Å²) in [5.41, 5.74) is 0. The fourth-order valence-corrected chi connectivity index (χ4v) is 2.31. The first-order chi connectivity index (χ1) is 6.15. The maximum Gasteiger partial charge on any atom is 0.223 e. The van der Waals surface area contributed by atoms with Crippen LogP contribution in [-0.2, 0) is 4.79 Å². The van der Waals surface area contributed by atoms with E-state index in [9.17, 15) is 4.79 Å². The van der Waals surface area contributed by atoms with E-state index in [0.29, 0.717) is 10.9 Å². The van der Waals surface area contributed by atoms with Gasteiger partial charge in [-0.25, -0.2) is 0 Å². The van der Waals surface area contributed by atoms with Crippen molar-refractivity contribution >= 4 is 21.8 Å². The summed E-state index contributed by atoms with van der Waals surface area (Å²) in [6.07, 6.45) is 4.45. The van der Waals surface area contributed by atoms with E-state index in [1.54, 1.807) is 0 Å². The van der Waals surface area contributed by atoms with Crippen molar-refractivity contribution in [3.8, 4) is 0 Å². The Morgan fingerprint density at radius 3 is 2.77 bits per heavy atom. The van der Waals surface area contributed by atoms with Crippen molar-refractivity contribution in [3.05, 3.63) is 0 Å². The summed E-state index contributed by atoms with van der Waals surface area (Å²) in [6.45, 7) is 4.03. The lowest BCUT2D eigenvalue weighted by atomic mass is 10.1. The number of carbonyl (C=O) groups excluding carboxylic acids is 1. The number of amides is 1. The second-order valence-electron chi connectivity index (χ2n) is 3.87. The van der Waals surface area contributed by atoms with Crippen molar-refractivity contribution in [1.29, 1.82) is 0 Å². The molecule has 3 atom stereocenters. The molecule has 3 heteroatoms. The van der Waals surface area contributed by atoms with Crippen LogP contribution in [0.2, 0.25) is 0 Å². The maximum absolute atomic E-state index is 11.5. The predicted molar refractivity (Wildman–Crippen MR) is 58.0 cm³/mol. The molecule has 0 aromatic heterocycles. The lowest BCUT2D eigenvalue weighted by Gasteiger charge is -2.18. The average molecular weight is 248 g/mol. The molecular weight excluding hydrogens is 230 g/mol. The van der Waals surface area contributed by atoms with Gasteiger partial charge in [0.25, 0.3) is 0 Å². The van der Waals surface area contributed by atoms with Gasteiger partial charge in [-0.2, -0.15) is 0 Å². The summed E-state index contributed by atoms with van der Waals surface area (Å²) in [4.78, 5) is 12.0. The molecule has 13 heavy (non-hydrogen) atoms. The number of carbonyl (C=O) groups is 1. The summed E-state index contributed by atoms with van der Waals surface area (Å²) in [6, 6.07) is 0.362. The van der Waals surface area contributed by atoms with Gasteiger partial charge < -0.3 is 5.32 Å². The normalized spacial score (nSPS) is 30.1.